The van der Waals surface area contributed by atoms with Gasteiger partial charge in [0.05, 0.1) is 6.61 Å². The lowest BCUT2D eigenvalue weighted by atomic mass is 9.99. The lowest BCUT2D eigenvalue weighted by Crippen LogP contribution is -2.39. The molecule has 0 aromatic carbocycles. The van der Waals surface area contributed by atoms with Crippen LogP contribution in [-0.4, -0.2) is 35.0 Å². The second-order valence-electron chi connectivity index (χ2n) is 4.24. The predicted molar refractivity (Wildman–Crippen MR) is 55.7 cm³/mol. The Morgan fingerprint density at radius 2 is 2.33 bits per heavy atom. The van der Waals surface area contributed by atoms with Crippen molar-refractivity contribution in [1.82, 2.24) is 0 Å². The van der Waals surface area contributed by atoms with Gasteiger partial charge in [-0.25, -0.2) is 4.79 Å². The van der Waals surface area contributed by atoms with Gasteiger partial charge >= 0.3 is 5.97 Å². The highest BCUT2D eigenvalue weighted by atomic mass is 16.5. The number of hydrogen-bond acceptors (Lipinski definition) is 3. The van der Waals surface area contributed by atoms with Gasteiger partial charge in [-0.05, 0) is 31.6 Å². The zero-order valence-electron chi connectivity index (χ0n) is 9.24. The number of carboxylic acids is 1. The fourth-order valence-corrected chi connectivity index (χ4v) is 2.18. The van der Waals surface area contributed by atoms with Crippen LogP contribution in [0.5, 0.6) is 0 Å². The van der Waals surface area contributed by atoms with Gasteiger partial charge in [-0.15, -0.1) is 0 Å². The molecule has 1 fully saturated rings. The molecule has 0 aromatic rings. The van der Waals surface area contributed by atoms with E-state index in [4.69, 9.17) is 9.84 Å². The molecule has 0 bridgehead atoms. The second-order valence-corrected chi connectivity index (χ2v) is 4.24. The van der Waals surface area contributed by atoms with E-state index >= 15 is 0 Å². The molecule has 2 atom stereocenters. The third-order valence-electron chi connectivity index (χ3n) is 3.22. The van der Waals surface area contributed by atoms with Gasteiger partial charge in [-0.3, -0.25) is 0 Å². The summed E-state index contributed by atoms with van der Waals surface area (Å²) in [6.45, 7) is 2.46. The summed E-state index contributed by atoms with van der Waals surface area (Å²) in [7, 11) is 0. The zero-order chi connectivity index (χ0) is 11.3. The molecule has 4 nitrogen and oxygen atoms in total. The molecular formula is C11H20O4. The molecule has 1 saturated carbocycles. The van der Waals surface area contributed by atoms with Gasteiger partial charge in [0.15, 0.2) is 5.60 Å². The van der Waals surface area contributed by atoms with Crippen molar-refractivity contribution >= 4 is 5.97 Å². The molecule has 2 N–H and O–H groups in total. The average Bonchev–Trinajstić information content (AvgIpc) is 2.63. The maximum Gasteiger partial charge on any atom is 0.335 e. The molecule has 4 heteroatoms. The van der Waals surface area contributed by atoms with E-state index in [0.29, 0.717) is 31.8 Å². The Bertz CT molecular complexity index is 217. The number of aliphatic hydroxyl groups excluding tert-OH is 1. The number of ether oxygens (including phenoxy) is 1. The quantitative estimate of drug-likeness (QED) is 0.659. The largest absolute Gasteiger partial charge is 0.479 e. The average molecular weight is 216 g/mol. The highest BCUT2D eigenvalue weighted by Crippen LogP contribution is 2.39. The Balaban J connectivity index is 2.53. The molecule has 1 aliphatic carbocycles. The SMILES string of the molecule is CCC1CCC(OCCCO)(C(=O)O)C1. The zero-order valence-corrected chi connectivity index (χ0v) is 9.24. The van der Waals surface area contributed by atoms with Crippen LogP contribution in [0.25, 0.3) is 0 Å². The maximum atomic E-state index is 11.2. The first-order valence-electron chi connectivity index (χ1n) is 5.63. The van der Waals surface area contributed by atoms with Gasteiger partial charge in [0.1, 0.15) is 0 Å². The number of aliphatic carboxylic acids is 1. The number of rotatable bonds is 6. The standard InChI is InChI=1S/C11H20O4/c1-2-9-4-5-11(8-9,10(13)14)15-7-3-6-12/h9,12H,2-8H2,1H3,(H,13,14). The Hall–Kier alpha value is -0.610. The van der Waals surface area contributed by atoms with Crippen LogP contribution >= 0.6 is 0 Å². The lowest BCUT2D eigenvalue weighted by Gasteiger charge is -2.24. The van der Waals surface area contributed by atoms with E-state index in [0.717, 1.165) is 12.8 Å². The summed E-state index contributed by atoms with van der Waals surface area (Å²) in [5.74, 6) is -0.383. The van der Waals surface area contributed by atoms with Crippen molar-refractivity contribution in [2.75, 3.05) is 13.2 Å². The fourth-order valence-electron chi connectivity index (χ4n) is 2.18. The lowest BCUT2D eigenvalue weighted by molar-refractivity contribution is -0.166. The summed E-state index contributed by atoms with van der Waals surface area (Å²) in [4.78, 5) is 11.2. The molecule has 2 unspecified atom stereocenters. The Kier molecular flexibility index (Phi) is 4.54. The summed E-state index contributed by atoms with van der Waals surface area (Å²) in [6.07, 6.45) is 3.67. The van der Waals surface area contributed by atoms with Crippen molar-refractivity contribution in [2.24, 2.45) is 5.92 Å². The first-order chi connectivity index (χ1) is 7.14. The molecule has 1 rings (SSSR count). The third-order valence-corrected chi connectivity index (χ3v) is 3.22. The highest BCUT2D eigenvalue weighted by Gasteiger charge is 2.45. The Morgan fingerprint density at radius 1 is 1.60 bits per heavy atom. The van der Waals surface area contributed by atoms with E-state index in [-0.39, 0.29) is 6.61 Å². The summed E-state index contributed by atoms with van der Waals surface area (Å²) < 4.78 is 5.46. The van der Waals surface area contributed by atoms with Gasteiger partial charge in [-0.2, -0.15) is 0 Å². The van der Waals surface area contributed by atoms with Crippen LogP contribution in [0.3, 0.4) is 0 Å². The molecule has 0 radical (unpaired) electrons. The topological polar surface area (TPSA) is 66.8 Å². The normalized spacial score (nSPS) is 30.7. The van der Waals surface area contributed by atoms with E-state index in [1.54, 1.807) is 0 Å². The summed E-state index contributed by atoms with van der Waals surface area (Å²) in [6, 6.07) is 0. The highest BCUT2D eigenvalue weighted by molar-refractivity contribution is 5.77. The second kappa shape index (κ2) is 5.47. The van der Waals surface area contributed by atoms with E-state index in [1.165, 1.54) is 0 Å². The minimum Gasteiger partial charge on any atom is -0.479 e. The van der Waals surface area contributed by atoms with E-state index < -0.39 is 11.6 Å². The molecule has 1 aliphatic rings. The molecule has 0 aromatic heterocycles. The number of carbonyl (C=O) groups is 1. The summed E-state index contributed by atoms with van der Waals surface area (Å²) in [5.41, 5.74) is -0.976. The van der Waals surface area contributed by atoms with Crippen molar-refractivity contribution in [3.05, 3.63) is 0 Å². The number of aliphatic hydroxyl groups is 1. The molecule has 0 heterocycles. The van der Waals surface area contributed by atoms with Gasteiger partial charge in [0.25, 0.3) is 0 Å². The predicted octanol–water partition coefficient (Wildman–Crippen LogP) is 1.42. The molecule has 15 heavy (non-hydrogen) atoms. The van der Waals surface area contributed by atoms with Crippen LogP contribution in [0.4, 0.5) is 0 Å². The van der Waals surface area contributed by atoms with Gasteiger partial charge in [-0.1, -0.05) is 13.3 Å². The first-order valence-corrected chi connectivity index (χ1v) is 5.63. The van der Waals surface area contributed by atoms with Crippen LogP contribution in [0, 0.1) is 5.92 Å². The number of hydrogen-bond donors (Lipinski definition) is 2. The van der Waals surface area contributed by atoms with Crippen molar-refractivity contribution in [3.8, 4) is 0 Å². The van der Waals surface area contributed by atoms with Crippen molar-refractivity contribution in [3.63, 3.8) is 0 Å². The summed E-state index contributed by atoms with van der Waals surface area (Å²) >= 11 is 0. The monoisotopic (exact) mass is 216 g/mol. The molecule has 0 aliphatic heterocycles. The van der Waals surface area contributed by atoms with Gasteiger partial charge in [0.2, 0.25) is 0 Å². The molecule has 0 spiro atoms. The van der Waals surface area contributed by atoms with Gasteiger partial charge in [0, 0.05) is 6.61 Å². The molecular weight excluding hydrogens is 196 g/mol. The molecule has 88 valence electrons. The van der Waals surface area contributed by atoms with Crippen molar-refractivity contribution < 1.29 is 19.7 Å². The fraction of sp³-hybridized carbons (Fsp3) is 0.909. The third kappa shape index (κ3) is 2.92. The van der Waals surface area contributed by atoms with Crippen LogP contribution in [0.2, 0.25) is 0 Å². The molecule has 0 amide bonds. The van der Waals surface area contributed by atoms with Gasteiger partial charge < -0.3 is 14.9 Å². The van der Waals surface area contributed by atoms with Crippen LogP contribution in [0.1, 0.15) is 39.0 Å². The summed E-state index contributed by atoms with van der Waals surface area (Å²) in [5, 5.41) is 17.8. The van der Waals surface area contributed by atoms with E-state index in [1.807, 2.05) is 0 Å². The van der Waals surface area contributed by atoms with Crippen LogP contribution < -0.4 is 0 Å². The van der Waals surface area contributed by atoms with Crippen LogP contribution in [0.15, 0.2) is 0 Å². The maximum absolute atomic E-state index is 11.2. The Labute approximate surface area is 90.2 Å². The smallest absolute Gasteiger partial charge is 0.335 e. The minimum atomic E-state index is -0.976. The van der Waals surface area contributed by atoms with Crippen LogP contribution in [-0.2, 0) is 9.53 Å². The minimum absolute atomic E-state index is 0.0485. The van der Waals surface area contributed by atoms with E-state index in [9.17, 15) is 9.90 Å². The first kappa shape index (κ1) is 12.5. The Morgan fingerprint density at radius 3 is 2.80 bits per heavy atom. The molecule has 0 saturated heterocycles. The van der Waals surface area contributed by atoms with E-state index in [2.05, 4.69) is 6.92 Å². The van der Waals surface area contributed by atoms with Crippen molar-refractivity contribution in [2.45, 2.75) is 44.6 Å². The van der Waals surface area contributed by atoms with Crippen molar-refractivity contribution in [1.29, 1.82) is 0 Å². The number of carboxylic acid groups (broad SMARTS) is 1.